The van der Waals surface area contributed by atoms with Crippen LogP contribution >= 0.6 is 0 Å². The monoisotopic (exact) mass is 555 g/mol. The van der Waals surface area contributed by atoms with Gasteiger partial charge in [0.2, 0.25) is 21.8 Å². The van der Waals surface area contributed by atoms with Crippen molar-refractivity contribution < 1.29 is 31.2 Å². The first kappa shape index (κ1) is 31.1. The van der Waals surface area contributed by atoms with Crippen LogP contribution in [0.5, 0.6) is 0 Å². The van der Waals surface area contributed by atoms with Crippen molar-refractivity contribution in [3.63, 3.8) is 0 Å². The summed E-state index contributed by atoms with van der Waals surface area (Å²) >= 11 is 0. The van der Waals surface area contributed by atoms with E-state index in [0.717, 1.165) is 46.3 Å². The highest BCUT2D eigenvalue weighted by Gasteiger charge is 2.32. The Balaban J connectivity index is 2.24. The molecule has 0 heterocycles. The van der Waals surface area contributed by atoms with Gasteiger partial charge in [0.05, 0.1) is 17.5 Å². The number of aryl methyl sites for hydroxylation is 1. The summed E-state index contributed by atoms with van der Waals surface area (Å²) in [6.07, 6.45) is -2.63. The smallest absolute Gasteiger partial charge is 0.354 e. The van der Waals surface area contributed by atoms with Gasteiger partial charge in [-0.25, -0.2) is 8.42 Å². The van der Waals surface area contributed by atoms with Gasteiger partial charge in [0.15, 0.2) is 0 Å². The van der Waals surface area contributed by atoms with Crippen molar-refractivity contribution in [2.45, 2.75) is 65.2 Å². The molecule has 0 unspecified atom stereocenters. The number of benzene rings is 2. The van der Waals surface area contributed by atoms with Crippen LogP contribution in [0.4, 0.5) is 18.9 Å². The van der Waals surface area contributed by atoms with E-state index in [1.165, 1.54) is 11.0 Å². The second-order valence-corrected chi connectivity index (χ2v) is 11.1. The minimum atomic E-state index is -4.63. The van der Waals surface area contributed by atoms with Gasteiger partial charge in [-0.05, 0) is 49.9 Å². The second kappa shape index (κ2) is 13.6. The molecule has 0 aromatic heterocycles. The lowest BCUT2D eigenvalue weighted by Gasteiger charge is -2.31. The van der Waals surface area contributed by atoms with E-state index in [0.29, 0.717) is 13.0 Å². The fourth-order valence-electron chi connectivity index (χ4n) is 4.02. The number of nitrogens with zero attached hydrogens (tertiary/aromatic N) is 2. The van der Waals surface area contributed by atoms with E-state index in [1.54, 1.807) is 0 Å². The summed E-state index contributed by atoms with van der Waals surface area (Å²) in [4.78, 5) is 27.7. The zero-order chi connectivity index (χ0) is 28.5. The Morgan fingerprint density at radius 1 is 1.05 bits per heavy atom. The van der Waals surface area contributed by atoms with Crippen molar-refractivity contribution >= 4 is 27.5 Å². The average molecular weight is 556 g/mol. The SMILES string of the molecule is CCCNC(=O)[C@H](CC)N(Cc1ccc(C)cc1)C(=O)CCCN(c1cccc(C(F)(F)F)c1)S(C)(=O)=O. The van der Waals surface area contributed by atoms with Crippen molar-refractivity contribution in [1.29, 1.82) is 0 Å². The van der Waals surface area contributed by atoms with Crippen LogP contribution in [-0.4, -0.2) is 50.5 Å². The van der Waals surface area contributed by atoms with Crippen LogP contribution in [0, 0.1) is 6.92 Å². The number of halogens is 3. The molecule has 2 aromatic rings. The third-order valence-electron chi connectivity index (χ3n) is 6.02. The molecule has 0 aliphatic heterocycles. The molecule has 1 atom stereocenters. The third kappa shape index (κ3) is 9.04. The van der Waals surface area contributed by atoms with Crippen molar-refractivity contribution in [3.8, 4) is 0 Å². The number of carbonyl (C=O) groups is 2. The predicted octanol–water partition coefficient (Wildman–Crippen LogP) is 4.89. The van der Waals surface area contributed by atoms with Crippen molar-refractivity contribution in [2.24, 2.45) is 0 Å². The molecule has 2 amide bonds. The normalized spacial score (nSPS) is 12.6. The van der Waals surface area contributed by atoms with Gasteiger partial charge in [-0.1, -0.05) is 49.7 Å². The van der Waals surface area contributed by atoms with Gasteiger partial charge in [0.1, 0.15) is 6.04 Å². The predicted molar refractivity (Wildman–Crippen MR) is 142 cm³/mol. The van der Waals surface area contributed by atoms with Crippen molar-refractivity contribution in [1.82, 2.24) is 10.2 Å². The zero-order valence-electron chi connectivity index (χ0n) is 22.2. The summed E-state index contributed by atoms with van der Waals surface area (Å²) in [5, 5.41) is 2.83. The summed E-state index contributed by atoms with van der Waals surface area (Å²) < 4.78 is 65.2. The molecule has 7 nitrogen and oxygen atoms in total. The van der Waals surface area contributed by atoms with Gasteiger partial charge in [0.25, 0.3) is 0 Å². The van der Waals surface area contributed by atoms with Gasteiger partial charge in [-0.3, -0.25) is 13.9 Å². The molecule has 0 aliphatic rings. The lowest BCUT2D eigenvalue weighted by molar-refractivity contribution is -0.141. The van der Waals surface area contributed by atoms with Crippen LogP contribution < -0.4 is 9.62 Å². The zero-order valence-corrected chi connectivity index (χ0v) is 23.0. The van der Waals surface area contributed by atoms with E-state index in [4.69, 9.17) is 0 Å². The summed E-state index contributed by atoms with van der Waals surface area (Å²) in [7, 11) is -3.92. The van der Waals surface area contributed by atoms with E-state index in [2.05, 4.69) is 5.32 Å². The number of rotatable bonds is 13. The van der Waals surface area contributed by atoms with E-state index in [1.807, 2.05) is 45.0 Å². The first-order valence-corrected chi connectivity index (χ1v) is 14.4. The van der Waals surface area contributed by atoms with Crippen LogP contribution in [0.1, 0.15) is 56.2 Å². The van der Waals surface area contributed by atoms with Crippen molar-refractivity contribution in [2.75, 3.05) is 23.7 Å². The number of nitrogens with one attached hydrogen (secondary N) is 1. The van der Waals surface area contributed by atoms with Gasteiger partial charge in [-0.2, -0.15) is 13.2 Å². The van der Waals surface area contributed by atoms with Gasteiger partial charge in [-0.15, -0.1) is 0 Å². The molecular formula is C27H36F3N3O4S. The number of sulfonamides is 1. The Bertz CT molecular complexity index is 1180. The molecule has 0 aliphatic carbocycles. The lowest BCUT2D eigenvalue weighted by Crippen LogP contribution is -2.49. The molecular weight excluding hydrogens is 519 g/mol. The summed E-state index contributed by atoms with van der Waals surface area (Å²) in [6, 6.07) is 10.9. The summed E-state index contributed by atoms with van der Waals surface area (Å²) in [5.74, 6) is -0.613. The number of alkyl halides is 3. The maximum absolute atomic E-state index is 13.4. The number of anilines is 1. The first-order chi connectivity index (χ1) is 17.8. The highest BCUT2D eigenvalue weighted by molar-refractivity contribution is 7.92. The highest BCUT2D eigenvalue weighted by atomic mass is 32.2. The second-order valence-electron chi connectivity index (χ2n) is 9.21. The molecule has 210 valence electrons. The molecule has 2 aromatic carbocycles. The maximum atomic E-state index is 13.4. The average Bonchev–Trinajstić information content (AvgIpc) is 2.85. The summed E-state index contributed by atoms with van der Waals surface area (Å²) in [6.45, 7) is 6.16. The van der Waals surface area contributed by atoms with Crippen molar-refractivity contribution in [3.05, 3.63) is 65.2 Å². The molecule has 2 rings (SSSR count). The Hall–Kier alpha value is -3.08. The Kier molecular flexibility index (Phi) is 11.2. The minimum absolute atomic E-state index is 0.0551. The largest absolute Gasteiger partial charge is 0.416 e. The Morgan fingerprint density at radius 2 is 1.71 bits per heavy atom. The number of hydrogen-bond acceptors (Lipinski definition) is 4. The van der Waals surface area contributed by atoms with Gasteiger partial charge >= 0.3 is 6.18 Å². The minimum Gasteiger partial charge on any atom is -0.354 e. The van der Waals surface area contributed by atoms with Crippen LogP contribution in [0.25, 0.3) is 0 Å². The number of hydrogen-bond donors (Lipinski definition) is 1. The molecule has 11 heteroatoms. The molecule has 1 N–H and O–H groups in total. The lowest BCUT2D eigenvalue weighted by atomic mass is 10.1. The third-order valence-corrected chi connectivity index (χ3v) is 7.22. The Morgan fingerprint density at radius 3 is 2.26 bits per heavy atom. The van der Waals surface area contributed by atoms with Crippen LogP contribution in [0.2, 0.25) is 0 Å². The fourth-order valence-corrected chi connectivity index (χ4v) is 4.97. The summed E-state index contributed by atoms with van der Waals surface area (Å²) in [5.41, 5.74) is 0.798. The molecule has 0 spiro atoms. The van der Waals surface area contributed by atoms with Crippen LogP contribution in [-0.2, 0) is 32.3 Å². The molecule has 0 bridgehead atoms. The standard InChI is InChI=1S/C27H36F3N3O4S/c1-5-16-31-26(35)24(6-2)32(19-21-14-12-20(3)13-15-21)25(34)11-8-17-33(38(4,36)37)23-10-7-9-22(18-23)27(28,29)30/h7,9-10,12-15,18,24H,5-6,8,11,16-17,19H2,1-4H3,(H,31,35)/t24-/m0/s1. The highest BCUT2D eigenvalue weighted by Crippen LogP contribution is 2.32. The molecule has 0 saturated carbocycles. The van der Waals surface area contributed by atoms with Gasteiger partial charge < -0.3 is 10.2 Å². The van der Waals surface area contributed by atoms with E-state index >= 15 is 0 Å². The number of amides is 2. The molecule has 0 saturated heterocycles. The first-order valence-electron chi connectivity index (χ1n) is 12.6. The fraction of sp³-hybridized carbons (Fsp3) is 0.481. The maximum Gasteiger partial charge on any atom is 0.416 e. The van der Waals surface area contributed by atoms with E-state index < -0.39 is 27.8 Å². The quantitative estimate of drug-likeness (QED) is 0.381. The van der Waals surface area contributed by atoms with Crippen LogP contribution in [0.15, 0.2) is 48.5 Å². The van der Waals surface area contributed by atoms with Gasteiger partial charge in [0, 0.05) is 26.1 Å². The molecule has 0 radical (unpaired) electrons. The molecule has 38 heavy (non-hydrogen) atoms. The van der Waals surface area contributed by atoms with E-state index in [9.17, 15) is 31.2 Å². The molecule has 0 fully saturated rings. The van der Waals surface area contributed by atoms with E-state index in [-0.39, 0.29) is 43.4 Å². The topological polar surface area (TPSA) is 86.8 Å². The van der Waals surface area contributed by atoms with Crippen LogP contribution in [0.3, 0.4) is 0 Å². The number of carbonyl (C=O) groups excluding carboxylic acids is 2. The Labute approximate surface area is 223 Å².